The normalized spacial score (nSPS) is 21.9. The lowest BCUT2D eigenvalue weighted by Gasteiger charge is -2.37. The maximum Gasteiger partial charge on any atom is 0.0475 e. The quantitative estimate of drug-likeness (QED) is 0.839. The molecule has 1 aromatic carbocycles. The molecule has 2 nitrogen and oxygen atoms in total. The molecule has 0 amide bonds. The second kappa shape index (κ2) is 4.98. The van der Waals surface area contributed by atoms with Crippen LogP contribution in [0.3, 0.4) is 0 Å². The van der Waals surface area contributed by atoms with Crippen LogP contribution in [0.25, 0.3) is 0 Å². The van der Waals surface area contributed by atoms with Gasteiger partial charge >= 0.3 is 0 Å². The van der Waals surface area contributed by atoms with E-state index in [0.29, 0.717) is 12.1 Å². The van der Waals surface area contributed by atoms with E-state index in [2.05, 4.69) is 55.4 Å². The Balaban J connectivity index is 2.24. The summed E-state index contributed by atoms with van der Waals surface area (Å²) in [6.45, 7) is 6.64. The molecule has 2 unspecified atom stereocenters. The molecule has 1 aliphatic heterocycles. The summed E-state index contributed by atoms with van der Waals surface area (Å²) < 4.78 is 0. The molecule has 0 spiro atoms. The smallest absolute Gasteiger partial charge is 0.0475 e. The Bertz CT molecular complexity index is 348. The molecule has 0 fully saturated rings. The van der Waals surface area contributed by atoms with E-state index in [0.717, 1.165) is 13.1 Å². The Labute approximate surface area is 98.7 Å². The Hall–Kier alpha value is -0.860. The van der Waals surface area contributed by atoms with Crippen LogP contribution in [-0.4, -0.2) is 24.5 Å². The van der Waals surface area contributed by atoms with Gasteiger partial charge in [0.25, 0.3) is 0 Å². The first-order valence-electron chi connectivity index (χ1n) is 6.24. The van der Waals surface area contributed by atoms with Gasteiger partial charge in [0.15, 0.2) is 0 Å². The summed E-state index contributed by atoms with van der Waals surface area (Å²) in [5.74, 6) is 0. The predicted octanol–water partition coefficient (Wildman–Crippen LogP) is 2.56. The van der Waals surface area contributed by atoms with Crippen LogP contribution in [0.4, 0.5) is 0 Å². The number of rotatable bonds is 3. The van der Waals surface area contributed by atoms with Crippen molar-refractivity contribution >= 4 is 0 Å². The lowest BCUT2D eigenvalue weighted by atomic mass is 9.95. The maximum atomic E-state index is 3.51. The van der Waals surface area contributed by atoms with Crippen molar-refractivity contribution < 1.29 is 0 Å². The lowest BCUT2D eigenvalue weighted by molar-refractivity contribution is 0.169. The number of nitrogens with zero attached hydrogens (tertiary/aromatic N) is 1. The van der Waals surface area contributed by atoms with Crippen LogP contribution in [0, 0.1) is 0 Å². The molecule has 1 N–H and O–H groups in total. The average Bonchev–Trinajstić information content (AvgIpc) is 2.36. The fourth-order valence-electron chi connectivity index (χ4n) is 2.43. The molecule has 1 aliphatic rings. The van der Waals surface area contributed by atoms with Gasteiger partial charge in [-0.1, -0.05) is 31.2 Å². The summed E-state index contributed by atoms with van der Waals surface area (Å²) in [4.78, 5) is 2.49. The van der Waals surface area contributed by atoms with Gasteiger partial charge in [-0.3, -0.25) is 4.90 Å². The van der Waals surface area contributed by atoms with E-state index < -0.39 is 0 Å². The molecule has 2 heteroatoms. The molecule has 2 rings (SSSR count). The van der Waals surface area contributed by atoms with Crippen molar-refractivity contribution in [1.82, 2.24) is 10.2 Å². The van der Waals surface area contributed by atoms with Gasteiger partial charge in [-0.2, -0.15) is 0 Å². The van der Waals surface area contributed by atoms with Crippen LogP contribution in [0.15, 0.2) is 24.3 Å². The van der Waals surface area contributed by atoms with Gasteiger partial charge in [0.2, 0.25) is 0 Å². The van der Waals surface area contributed by atoms with E-state index in [1.807, 2.05) is 0 Å². The van der Waals surface area contributed by atoms with Crippen molar-refractivity contribution in [1.29, 1.82) is 0 Å². The zero-order valence-electron chi connectivity index (χ0n) is 10.5. The Morgan fingerprint density at radius 2 is 2.19 bits per heavy atom. The van der Waals surface area contributed by atoms with Crippen molar-refractivity contribution in [3.8, 4) is 0 Å². The third-order valence-electron chi connectivity index (χ3n) is 3.84. The largest absolute Gasteiger partial charge is 0.311 e. The molecule has 1 aromatic rings. The first kappa shape index (κ1) is 11.6. The minimum absolute atomic E-state index is 0.528. The number of hydrogen-bond donors (Lipinski definition) is 1. The summed E-state index contributed by atoms with van der Waals surface area (Å²) >= 11 is 0. The molecule has 0 saturated heterocycles. The average molecular weight is 218 g/mol. The third kappa shape index (κ3) is 2.13. The fraction of sp³-hybridized carbons (Fsp3) is 0.571. The molecule has 2 atom stereocenters. The lowest BCUT2D eigenvalue weighted by Crippen LogP contribution is -2.41. The summed E-state index contributed by atoms with van der Waals surface area (Å²) in [7, 11) is 2.24. The summed E-state index contributed by atoms with van der Waals surface area (Å²) in [6.07, 6.45) is 1.20. The maximum absolute atomic E-state index is 3.51. The highest BCUT2D eigenvalue weighted by Crippen LogP contribution is 2.27. The molecule has 0 aliphatic carbocycles. The van der Waals surface area contributed by atoms with Crippen LogP contribution >= 0.6 is 0 Å². The van der Waals surface area contributed by atoms with E-state index in [4.69, 9.17) is 0 Å². The summed E-state index contributed by atoms with van der Waals surface area (Å²) in [6, 6.07) is 9.96. The topological polar surface area (TPSA) is 15.3 Å². The van der Waals surface area contributed by atoms with Crippen molar-refractivity contribution in [2.45, 2.75) is 38.9 Å². The molecule has 16 heavy (non-hydrogen) atoms. The molecule has 88 valence electrons. The predicted molar refractivity (Wildman–Crippen MR) is 68.4 cm³/mol. The Morgan fingerprint density at radius 1 is 1.44 bits per heavy atom. The SMILES string of the molecule is CCC(C)N(C)C1CNCc2ccccc21. The van der Waals surface area contributed by atoms with Gasteiger partial charge < -0.3 is 5.32 Å². The van der Waals surface area contributed by atoms with E-state index in [9.17, 15) is 0 Å². The van der Waals surface area contributed by atoms with Crippen LogP contribution < -0.4 is 5.32 Å². The summed E-state index contributed by atoms with van der Waals surface area (Å²) in [5, 5.41) is 3.51. The third-order valence-corrected chi connectivity index (χ3v) is 3.84. The minimum Gasteiger partial charge on any atom is -0.311 e. The van der Waals surface area contributed by atoms with Gasteiger partial charge in [-0.15, -0.1) is 0 Å². The standard InChI is InChI=1S/C14H22N2/c1-4-11(2)16(3)14-10-15-9-12-7-5-6-8-13(12)14/h5-8,11,14-15H,4,9-10H2,1-3H3. The second-order valence-electron chi connectivity index (χ2n) is 4.77. The molecule has 0 aromatic heterocycles. The fourth-order valence-corrected chi connectivity index (χ4v) is 2.43. The van der Waals surface area contributed by atoms with E-state index in [1.54, 1.807) is 0 Å². The van der Waals surface area contributed by atoms with Crippen molar-refractivity contribution in [3.63, 3.8) is 0 Å². The van der Waals surface area contributed by atoms with Gasteiger partial charge in [0.05, 0.1) is 0 Å². The second-order valence-corrected chi connectivity index (χ2v) is 4.77. The zero-order valence-corrected chi connectivity index (χ0v) is 10.5. The number of hydrogen-bond acceptors (Lipinski definition) is 2. The Morgan fingerprint density at radius 3 is 2.94 bits per heavy atom. The molecular formula is C14H22N2. The highest BCUT2D eigenvalue weighted by Gasteiger charge is 2.25. The van der Waals surface area contributed by atoms with Crippen molar-refractivity contribution in [2.24, 2.45) is 0 Å². The number of nitrogens with one attached hydrogen (secondary N) is 1. The highest BCUT2D eigenvalue weighted by molar-refractivity contribution is 5.32. The highest BCUT2D eigenvalue weighted by atomic mass is 15.2. The Kier molecular flexibility index (Phi) is 3.62. The van der Waals surface area contributed by atoms with Crippen molar-refractivity contribution in [2.75, 3.05) is 13.6 Å². The number of benzene rings is 1. The molecule has 0 saturated carbocycles. The van der Waals surface area contributed by atoms with E-state index >= 15 is 0 Å². The van der Waals surface area contributed by atoms with Gasteiger partial charge in [-0.05, 0) is 31.5 Å². The van der Waals surface area contributed by atoms with Gasteiger partial charge in [-0.25, -0.2) is 0 Å². The number of fused-ring (bicyclic) bond motifs is 1. The van der Waals surface area contributed by atoms with Gasteiger partial charge in [0.1, 0.15) is 0 Å². The van der Waals surface area contributed by atoms with Gasteiger partial charge in [0, 0.05) is 25.2 Å². The number of likely N-dealkylation sites (N-methyl/N-ethyl adjacent to an activating group) is 1. The van der Waals surface area contributed by atoms with Crippen LogP contribution in [-0.2, 0) is 6.54 Å². The molecular weight excluding hydrogens is 196 g/mol. The molecule has 0 bridgehead atoms. The van der Waals surface area contributed by atoms with E-state index in [1.165, 1.54) is 17.5 Å². The summed E-state index contributed by atoms with van der Waals surface area (Å²) in [5.41, 5.74) is 2.96. The zero-order chi connectivity index (χ0) is 11.5. The van der Waals surface area contributed by atoms with E-state index in [-0.39, 0.29) is 0 Å². The first-order valence-corrected chi connectivity index (χ1v) is 6.24. The first-order chi connectivity index (χ1) is 7.74. The van der Waals surface area contributed by atoms with Crippen LogP contribution in [0.2, 0.25) is 0 Å². The van der Waals surface area contributed by atoms with Crippen LogP contribution in [0.1, 0.15) is 37.4 Å². The van der Waals surface area contributed by atoms with Crippen LogP contribution in [0.5, 0.6) is 0 Å². The molecule has 1 heterocycles. The van der Waals surface area contributed by atoms with Crippen molar-refractivity contribution in [3.05, 3.63) is 35.4 Å². The monoisotopic (exact) mass is 218 g/mol. The minimum atomic E-state index is 0.528. The molecule has 0 radical (unpaired) electrons.